The number of rotatable bonds is 6. The number of aliphatic hydroxyl groups is 1. The molecule has 4 nitrogen and oxygen atoms in total. The maximum absolute atomic E-state index is 8.83. The van der Waals surface area contributed by atoms with Crippen LogP contribution in [0.2, 0.25) is 0 Å². The summed E-state index contributed by atoms with van der Waals surface area (Å²) >= 11 is 1.74. The second kappa shape index (κ2) is 7.62. The number of nitrogens with one attached hydrogen (secondary N) is 1. The lowest BCUT2D eigenvalue weighted by Crippen LogP contribution is -2.19. The fourth-order valence-corrected chi connectivity index (χ4v) is 2.90. The van der Waals surface area contributed by atoms with E-state index in [0.717, 1.165) is 29.4 Å². The molecule has 5 heteroatoms. The van der Waals surface area contributed by atoms with Crippen LogP contribution in [0.1, 0.15) is 18.0 Å². The van der Waals surface area contributed by atoms with Gasteiger partial charge in [0.25, 0.3) is 0 Å². The van der Waals surface area contributed by atoms with Gasteiger partial charge in [0.1, 0.15) is 0 Å². The molecule has 2 rings (SSSR count). The number of ether oxygens (including phenoxy) is 2. The monoisotopic (exact) mass is 283 g/mol. The minimum Gasteiger partial charge on any atom is -0.490 e. The molecule has 0 amide bonds. The summed E-state index contributed by atoms with van der Waals surface area (Å²) in [6, 6.07) is 6.38. The molecular formula is C14H21NO3S. The lowest BCUT2D eigenvalue weighted by atomic mass is 10.1. The summed E-state index contributed by atoms with van der Waals surface area (Å²) in [6.45, 7) is 1.65. The first-order chi connectivity index (χ1) is 9.35. The Morgan fingerprint density at radius 1 is 1.32 bits per heavy atom. The van der Waals surface area contributed by atoms with Crippen molar-refractivity contribution in [1.82, 2.24) is 5.32 Å². The molecular weight excluding hydrogens is 262 g/mol. The molecule has 1 aromatic carbocycles. The van der Waals surface area contributed by atoms with Gasteiger partial charge in [-0.15, -0.1) is 0 Å². The molecule has 1 unspecified atom stereocenters. The lowest BCUT2D eigenvalue weighted by Gasteiger charge is -2.18. The van der Waals surface area contributed by atoms with Crippen LogP contribution in [-0.2, 0) is 0 Å². The van der Waals surface area contributed by atoms with Gasteiger partial charge in [-0.25, -0.2) is 0 Å². The van der Waals surface area contributed by atoms with E-state index in [0.29, 0.717) is 13.2 Å². The average molecular weight is 283 g/mol. The molecule has 1 aliphatic heterocycles. The summed E-state index contributed by atoms with van der Waals surface area (Å²) in [6.07, 6.45) is 0.922. The second-order valence-electron chi connectivity index (χ2n) is 4.40. The molecule has 19 heavy (non-hydrogen) atoms. The van der Waals surface area contributed by atoms with Gasteiger partial charge in [-0.3, -0.25) is 0 Å². The van der Waals surface area contributed by atoms with Gasteiger partial charge in [0.05, 0.1) is 19.8 Å². The van der Waals surface area contributed by atoms with Crippen LogP contribution in [0, 0.1) is 0 Å². The van der Waals surface area contributed by atoms with Crippen molar-refractivity contribution >= 4 is 11.8 Å². The third-order valence-electron chi connectivity index (χ3n) is 3.04. The van der Waals surface area contributed by atoms with Crippen LogP contribution in [-0.4, -0.2) is 43.5 Å². The molecule has 1 atom stereocenters. The van der Waals surface area contributed by atoms with Crippen LogP contribution in [0.15, 0.2) is 18.2 Å². The van der Waals surface area contributed by atoms with Gasteiger partial charge in [-0.1, -0.05) is 6.07 Å². The van der Waals surface area contributed by atoms with Crippen LogP contribution in [0.4, 0.5) is 0 Å². The van der Waals surface area contributed by atoms with E-state index in [1.165, 1.54) is 5.56 Å². The highest BCUT2D eigenvalue weighted by Crippen LogP contribution is 2.32. The standard InChI is InChI=1S/C14H21NO3S/c1-15-12(10-19-8-5-16)11-3-4-13-14(9-11)18-7-2-6-17-13/h3-4,9,12,15-16H,2,5-8,10H2,1H3. The molecule has 1 aromatic rings. The molecule has 1 heterocycles. The zero-order valence-corrected chi connectivity index (χ0v) is 12.0. The van der Waals surface area contributed by atoms with E-state index in [1.807, 2.05) is 13.1 Å². The molecule has 0 fully saturated rings. The van der Waals surface area contributed by atoms with Crippen LogP contribution in [0.25, 0.3) is 0 Å². The Labute approximate surface area is 118 Å². The highest BCUT2D eigenvalue weighted by atomic mass is 32.2. The van der Waals surface area contributed by atoms with E-state index >= 15 is 0 Å². The lowest BCUT2D eigenvalue weighted by molar-refractivity contribution is 0.297. The van der Waals surface area contributed by atoms with E-state index in [1.54, 1.807) is 11.8 Å². The molecule has 0 bridgehead atoms. The minimum atomic E-state index is 0.224. The van der Waals surface area contributed by atoms with E-state index in [2.05, 4.69) is 17.4 Å². The van der Waals surface area contributed by atoms with Crippen molar-refractivity contribution in [3.63, 3.8) is 0 Å². The summed E-state index contributed by atoms with van der Waals surface area (Å²) in [5.74, 6) is 3.36. The number of thioether (sulfide) groups is 1. The third kappa shape index (κ3) is 4.03. The molecule has 0 saturated heterocycles. The fraction of sp³-hybridized carbons (Fsp3) is 0.571. The van der Waals surface area contributed by atoms with Crippen molar-refractivity contribution in [2.75, 3.05) is 38.4 Å². The molecule has 0 aromatic heterocycles. The Morgan fingerprint density at radius 2 is 2.11 bits per heavy atom. The van der Waals surface area contributed by atoms with Gasteiger partial charge in [-0.05, 0) is 24.7 Å². The zero-order chi connectivity index (χ0) is 13.5. The van der Waals surface area contributed by atoms with Crippen molar-refractivity contribution in [2.45, 2.75) is 12.5 Å². The van der Waals surface area contributed by atoms with Gasteiger partial charge >= 0.3 is 0 Å². The van der Waals surface area contributed by atoms with Crippen molar-refractivity contribution < 1.29 is 14.6 Å². The van der Waals surface area contributed by atoms with E-state index in [4.69, 9.17) is 14.6 Å². The normalized spacial score (nSPS) is 15.9. The largest absolute Gasteiger partial charge is 0.490 e. The van der Waals surface area contributed by atoms with Crippen LogP contribution in [0.5, 0.6) is 11.5 Å². The smallest absolute Gasteiger partial charge is 0.161 e. The number of aliphatic hydroxyl groups excluding tert-OH is 1. The average Bonchev–Trinajstić information content (AvgIpc) is 2.68. The van der Waals surface area contributed by atoms with E-state index in [9.17, 15) is 0 Å². The van der Waals surface area contributed by atoms with Crippen molar-refractivity contribution in [1.29, 1.82) is 0 Å². The first-order valence-electron chi connectivity index (χ1n) is 6.60. The van der Waals surface area contributed by atoms with Gasteiger partial charge < -0.3 is 19.9 Å². The maximum Gasteiger partial charge on any atom is 0.161 e. The molecule has 0 aliphatic carbocycles. The summed E-state index contributed by atoms with van der Waals surface area (Å²) in [5, 5.41) is 12.1. The second-order valence-corrected chi connectivity index (χ2v) is 5.55. The maximum atomic E-state index is 8.83. The van der Waals surface area contributed by atoms with E-state index in [-0.39, 0.29) is 12.6 Å². The van der Waals surface area contributed by atoms with Crippen molar-refractivity contribution in [3.05, 3.63) is 23.8 Å². The topological polar surface area (TPSA) is 50.7 Å². The zero-order valence-electron chi connectivity index (χ0n) is 11.2. The van der Waals surface area contributed by atoms with E-state index < -0.39 is 0 Å². The summed E-state index contributed by atoms with van der Waals surface area (Å²) in [7, 11) is 1.95. The Morgan fingerprint density at radius 3 is 2.84 bits per heavy atom. The van der Waals surface area contributed by atoms with Crippen LogP contribution in [0.3, 0.4) is 0 Å². The SMILES string of the molecule is CNC(CSCCO)c1ccc2c(c1)OCCCO2. The Balaban J connectivity index is 2.08. The molecule has 1 aliphatic rings. The summed E-state index contributed by atoms with van der Waals surface area (Å²) in [5.41, 5.74) is 1.19. The molecule has 2 N–H and O–H groups in total. The number of hydrogen-bond acceptors (Lipinski definition) is 5. The molecule has 0 saturated carbocycles. The molecule has 106 valence electrons. The van der Waals surface area contributed by atoms with Crippen LogP contribution < -0.4 is 14.8 Å². The minimum absolute atomic E-state index is 0.224. The molecule has 0 spiro atoms. The van der Waals surface area contributed by atoms with Gasteiger partial charge in [-0.2, -0.15) is 11.8 Å². The van der Waals surface area contributed by atoms with Gasteiger partial charge in [0.2, 0.25) is 0 Å². The third-order valence-corrected chi connectivity index (χ3v) is 4.08. The van der Waals surface area contributed by atoms with Crippen molar-refractivity contribution in [3.8, 4) is 11.5 Å². The number of hydrogen-bond donors (Lipinski definition) is 2. The van der Waals surface area contributed by atoms with Gasteiger partial charge in [0.15, 0.2) is 11.5 Å². The van der Waals surface area contributed by atoms with Crippen molar-refractivity contribution in [2.24, 2.45) is 0 Å². The number of benzene rings is 1. The predicted molar refractivity (Wildman–Crippen MR) is 78.3 cm³/mol. The first kappa shape index (κ1) is 14.5. The summed E-state index contributed by atoms with van der Waals surface area (Å²) in [4.78, 5) is 0. The Bertz CT molecular complexity index is 400. The predicted octanol–water partition coefficient (Wildman–Crippen LogP) is 1.83. The summed E-state index contributed by atoms with van der Waals surface area (Å²) < 4.78 is 11.3. The first-order valence-corrected chi connectivity index (χ1v) is 7.76. The van der Waals surface area contributed by atoms with Gasteiger partial charge in [0, 0.05) is 24.0 Å². The molecule has 0 radical (unpaired) electrons. The highest BCUT2D eigenvalue weighted by Gasteiger charge is 2.15. The Hall–Kier alpha value is -0.910. The van der Waals surface area contributed by atoms with Crippen LogP contribution >= 0.6 is 11.8 Å². The number of fused-ring (bicyclic) bond motifs is 1. The fourth-order valence-electron chi connectivity index (χ4n) is 2.01. The Kier molecular flexibility index (Phi) is 5.82. The highest BCUT2D eigenvalue weighted by molar-refractivity contribution is 7.99. The quantitative estimate of drug-likeness (QED) is 0.780.